The molecule has 1 aliphatic rings. The van der Waals surface area contributed by atoms with Crippen LogP contribution in [0.15, 0.2) is 0 Å². The first-order chi connectivity index (χ1) is 7.79. The molecule has 16 heavy (non-hydrogen) atoms. The fourth-order valence-electron chi connectivity index (χ4n) is 2.09. The van der Waals surface area contributed by atoms with Crippen molar-refractivity contribution in [1.29, 1.82) is 0 Å². The molecule has 1 aliphatic heterocycles. The first-order valence-corrected chi connectivity index (χ1v) is 6.62. The highest BCUT2D eigenvalue weighted by Crippen LogP contribution is 2.12. The van der Waals surface area contributed by atoms with E-state index in [9.17, 15) is 9.59 Å². The number of hydrogen-bond acceptors (Lipinski definition) is 2. The number of rotatable bonds is 0. The van der Waals surface area contributed by atoms with Gasteiger partial charge in [0.25, 0.3) is 0 Å². The third-order valence-electron chi connectivity index (χ3n) is 3.09. The Labute approximate surface area is 98.0 Å². The molecule has 1 heterocycles. The molecule has 0 bridgehead atoms. The third-order valence-corrected chi connectivity index (χ3v) is 3.09. The second-order valence-electron chi connectivity index (χ2n) is 4.65. The topological polar surface area (TPSA) is 46.2 Å². The van der Waals surface area contributed by atoms with Crippen molar-refractivity contribution >= 4 is 11.8 Å². The zero-order valence-electron chi connectivity index (χ0n) is 10.1. The van der Waals surface area contributed by atoms with Crippen molar-refractivity contribution < 1.29 is 9.59 Å². The number of carbonyl (C=O) groups excluding carboxylic acids is 2. The van der Waals surface area contributed by atoms with Gasteiger partial charge in [-0.05, 0) is 12.8 Å². The predicted molar refractivity (Wildman–Crippen MR) is 63.9 cm³/mol. The van der Waals surface area contributed by atoms with Crippen LogP contribution in [-0.2, 0) is 9.59 Å². The highest BCUT2D eigenvalue weighted by atomic mass is 16.2. The Balaban J connectivity index is 2.26. The van der Waals surface area contributed by atoms with Gasteiger partial charge in [-0.1, -0.05) is 44.9 Å². The van der Waals surface area contributed by atoms with Crippen molar-refractivity contribution in [3.8, 4) is 0 Å². The van der Waals surface area contributed by atoms with Gasteiger partial charge in [-0.3, -0.25) is 14.9 Å². The van der Waals surface area contributed by atoms with Gasteiger partial charge in [0, 0.05) is 12.8 Å². The van der Waals surface area contributed by atoms with E-state index in [-0.39, 0.29) is 11.8 Å². The van der Waals surface area contributed by atoms with Crippen LogP contribution in [0.4, 0.5) is 0 Å². The van der Waals surface area contributed by atoms with E-state index in [1.165, 1.54) is 32.1 Å². The van der Waals surface area contributed by atoms with E-state index in [2.05, 4.69) is 5.32 Å². The van der Waals surface area contributed by atoms with Gasteiger partial charge in [0.15, 0.2) is 0 Å². The molecule has 1 fully saturated rings. The largest absolute Gasteiger partial charge is 0.296 e. The van der Waals surface area contributed by atoms with E-state index < -0.39 is 0 Å². The van der Waals surface area contributed by atoms with Crippen LogP contribution in [0.25, 0.3) is 0 Å². The molecule has 0 aromatic rings. The molecule has 0 saturated carbocycles. The quantitative estimate of drug-likeness (QED) is 0.644. The fraction of sp³-hybridized carbons (Fsp3) is 0.846. The number of amides is 2. The summed E-state index contributed by atoms with van der Waals surface area (Å²) in [6.45, 7) is 0. The monoisotopic (exact) mass is 225 g/mol. The summed E-state index contributed by atoms with van der Waals surface area (Å²) in [6.07, 6.45) is 11.4. The van der Waals surface area contributed by atoms with Gasteiger partial charge in [0.2, 0.25) is 11.8 Å². The molecule has 2 amide bonds. The van der Waals surface area contributed by atoms with Crippen molar-refractivity contribution in [2.75, 3.05) is 0 Å². The molecular formula is C13H23NO2. The Morgan fingerprint density at radius 3 is 1.25 bits per heavy atom. The molecule has 3 heteroatoms. The molecule has 0 radical (unpaired) electrons. The van der Waals surface area contributed by atoms with Gasteiger partial charge in [-0.15, -0.1) is 0 Å². The molecule has 1 saturated heterocycles. The van der Waals surface area contributed by atoms with Crippen LogP contribution in [0.3, 0.4) is 0 Å². The smallest absolute Gasteiger partial charge is 0.226 e. The van der Waals surface area contributed by atoms with Crippen LogP contribution in [0, 0.1) is 0 Å². The molecule has 3 nitrogen and oxygen atoms in total. The van der Waals surface area contributed by atoms with E-state index in [1.807, 2.05) is 0 Å². The Hall–Kier alpha value is -0.860. The highest BCUT2D eigenvalue weighted by Gasteiger charge is 2.07. The zero-order chi connectivity index (χ0) is 11.6. The van der Waals surface area contributed by atoms with Gasteiger partial charge < -0.3 is 0 Å². The summed E-state index contributed by atoms with van der Waals surface area (Å²) < 4.78 is 0. The van der Waals surface area contributed by atoms with Crippen molar-refractivity contribution in [3.63, 3.8) is 0 Å². The van der Waals surface area contributed by atoms with Crippen LogP contribution in [-0.4, -0.2) is 11.8 Å². The van der Waals surface area contributed by atoms with E-state index in [0.29, 0.717) is 12.8 Å². The Morgan fingerprint density at radius 1 is 0.562 bits per heavy atom. The van der Waals surface area contributed by atoms with E-state index >= 15 is 0 Å². The second-order valence-corrected chi connectivity index (χ2v) is 4.65. The normalized spacial score (nSPS) is 22.2. The maximum absolute atomic E-state index is 11.3. The number of hydrogen-bond donors (Lipinski definition) is 1. The molecule has 0 spiro atoms. The van der Waals surface area contributed by atoms with Gasteiger partial charge in [-0.25, -0.2) is 0 Å². The fourth-order valence-corrected chi connectivity index (χ4v) is 2.09. The molecule has 1 N–H and O–H groups in total. The minimum Gasteiger partial charge on any atom is -0.296 e. The summed E-state index contributed by atoms with van der Waals surface area (Å²) in [4.78, 5) is 22.7. The lowest BCUT2D eigenvalue weighted by molar-refractivity contribution is -0.130. The Bertz CT molecular complexity index is 204. The van der Waals surface area contributed by atoms with Crippen molar-refractivity contribution in [1.82, 2.24) is 5.32 Å². The SMILES string of the molecule is O=C1CCCCCCCCCCCC(=O)N1. The van der Waals surface area contributed by atoms with Crippen LogP contribution in [0.1, 0.15) is 70.6 Å². The van der Waals surface area contributed by atoms with Crippen LogP contribution in [0.5, 0.6) is 0 Å². The summed E-state index contributed by atoms with van der Waals surface area (Å²) in [7, 11) is 0. The first kappa shape index (κ1) is 13.2. The van der Waals surface area contributed by atoms with Gasteiger partial charge in [-0.2, -0.15) is 0 Å². The summed E-state index contributed by atoms with van der Waals surface area (Å²) in [5.74, 6) is -0.191. The Kier molecular flexibility index (Phi) is 6.86. The van der Waals surface area contributed by atoms with Gasteiger partial charge >= 0.3 is 0 Å². The molecule has 1 rings (SSSR count). The lowest BCUT2D eigenvalue weighted by Crippen LogP contribution is -2.29. The van der Waals surface area contributed by atoms with Gasteiger partial charge in [0.05, 0.1) is 0 Å². The van der Waals surface area contributed by atoms with Crippen molar-refractivity contribution in [3.05, 3.63) is 0 Å². The number of imide groups is 1. The molecular weight excluding hydrogens is 202 g/mol. The van der Waals surface area contributed by atoms with E-state index in [1.54, 1.807) is 0 Å². The molecule has 0 unspecified atom stereocenters. The third kappa shape index (κ3) is 6.59. The number of carbonyl (C=O) groups is 2. The van der Waals surface area contributed by atoms with E-state index in [0.717, 1.165) is 25.7 Å². The van der Waals surface area contributed by atoms with Crippen LogP contribution < -0.4 is 5.32 Å². The summed E-state index contributed by atoms with van der Waals surface area (Å²) >= 11 is 0. The Morgan fingerprint density at radius 2 is 0.875 bits per heavy atom. The first-order valence-electron chi connectivity index (χ1n) is 6.62. The molecule has 0 aromatic carbocycles. The van der Waals surface area contributed by atoms with Crippen LogP contribution in [0.2, 0.25) is 0 Å². The lowest BCUT2D eigenvalue weighted by Gasteiger charge is -2.06. The maximum atomic E-state index is 11.3. The maximum Gasteiger partial charge on any atom is 0.226 e. The molecule has 92 valence electrons. The molecule has 0 aliphatic carbocycles. The highest BCUT2D eigenvalue weighted by molar-refractivity contribution is 5.95. The summed E-state index contributed by atoms with van der Waals surface area (Å²) in [5, 5.41) is 2.46. The minimum atomic E-state index is -0.0953. The molecule has 0 atom stereocenters. The van der Waals surface area contributed by atoms with E-state index in [4.69, 9.17) is 0 Å². The van der Waals surface area contributed by atoms with Crippen molar-refractivity contribution in [2.24, 2.45) is 0 Å². The summed E-state index contributed by atoms with van der Waals surface area (Å²) in [6, 6.07) is 0. The lowest BCUT2D eigenvalue weighted by atomic mass is 10.0. The second kappa shape index (κ2) is 8.31. The standard InChI is InChI=1S/C13H23NO2/c15-12-10-8-6-4-2-1-3-5-7-9-11-13(16)14-12/h1-11H2,(H,14,15,16). The van der Waals surface area contributed by atoms with Crippen molar-refractivity contribution in [2.45, 2.75) is 70.6 Å². The average Bonchev–Trinajstić information content (AvgIpc) is 2.25. The van der Waals surface area contributed by atoms with Crippen LogP contribution >= 0.6 is 0 Å². The minimum absolute atomic E-state index is 0.0953. The summed E-state index contributed by atoms with van der Waals surface area (Å²) in [5.41, 5.74) is 0. The zero-order valence-corrected chi connectivity index (χ0v) is 10.1. The predicted octanol–water partition coefficient (Wildman–Crippen LogP) is 2.93. The van der Waals surface area contributed by atoms with Gasteiger partial charge in [0.1, 0.15) is 0 Å². The molecule has 0 aromatic heterocycles. The average molecular weight is 225 g/mol. The number of nitrogens with one attached hydrogen (secondary N) is 1.